The van der Waals surface area contributed by atoms with Crippen molar-refractivity contribution in [3.8, 4) is 5.75 Å². The maximum atomic E-state index is 13.4. The largest absolute Gasteiger partial charge is 0.503 e. The Kier molecular flexibility index (Phi) is 7.43. The summed E-state index contributed by atoms with van der Waals surface area (Å²) in [7, 11) is 0. The molecule has 2 aromatic carbocycles. The minimum atomic E-state index is -0.934. The number of amides is 1. The second kappa shape index (κ2) is 11.1. The average Bonchev–Trinajstić information content (AvgIpc) is 3.68. The average molecular weight is 546 g/mol. The van der Waals surface area contributed by atoms with Gasteiger partial charge in [-0.3, -0.25) is 14.5 Å². The monoisotopic (exact) mass is 545 g/mol. The molecule has 1 aliphatic heterocycles. The molecule has 1 atom stereocenters. The molecule has 2 aromatic heterocycles. The molecule has 192 valence electrons. The van der Waals surface area contributed by atoms with Crippen molar-refractivity contribution in [3.63, 3.8) is 0 Å². The van der Waals surface area contributed by atoms with E-state index in [4.69, 9.17) is 9.15 Å². The van der Waals surface area contributed by atoms with Gasteiger partial charge in [0.25, 0.3) is 5.91 Å². The van der Waals surface area contributed by atoms with Crippen LogP contribution in [-0.2, 0) is 10.5 Å². The van der Waals surface area contributed by atoms with Gasteiger partial charge in [0.05, 0.1) is 17.9 Å². The maximum Gasteiger partial charge on any atom is 0.296 e. The zero-order valence-electron chi connectivity index (χ0n) is 20.4. The van der Waals surface area contributed by atoms with Crippen LogP contribution in [0.3, 0.4) is 0 Å². The van der Waals surface area contributed by atoms with Crippen LogP contribution in [0.15, 0.2) is 99.7 Å². The number of nitrogens with zero attached hydrogens (tertiary/aromatic N) is 3. The Bertz CT molecular complexity index is 1490. The van der Waals surface area contributed by atoms with E-state index in [0.717, 1.165) is 5.56 Å². The Labute approximate surface area is 227 Å². The number of hydrogen-bond acceptors (Lipinski definition) is 9. The highest BCUT2D eigenvalue weighted by molar-refractivity contribution is 8.00. The van der Waals surface area contributed by atoms with E-state index in [9.17, 15) is 14.7 Å². The van der Waals surface area contributed by atoms with Crippen LogP contribution in [0.4, 0.5) is 5.13 Å². The number of ketones is 1. The Morgan fingerprint density at radius 1 is 1.18 bits per heavy atom. The summed E-state index contributed by atoms with van der Waals surface area (Å²) in [5, 5.41) is 19.7. The highest BCUT2D eigenvalue weighted by Crippen LogP contribution is 2.44. The summed E-state index contributed by atoms with van der Waals surface area (Å²) in [5.74, 6) is -0.662. The van der Waals surface area contributed by atoms with Crippen molar-refractivity contribution in [2.75, 3.05) is 11.5 Å². The van der Waals surface area contributed by atoms with Crippen molar-refractivity contribution < 1.29 is 23.8 Å². The third-order valence-corrected chi connectivity index (χ3v) is 7.97. The third-order valence-electron chi connectivity index (χ3n) is 5.85. The molecule has 5 rings (SSSR count). The lowest BCUT2D eigenvalue weighted by molar-refractivity contribution is -0.117. The van der Waals surface area contributed by atoms with Gasteiger partial charge in [0.15, 0.2) is 15.9 Å². The fourth-order valence-electron chi connectivity index (χ4n) is 3.98. The molecular formula is C28H23N3O5S2. The lowest BCUT2D eigenvalue weighted by Crippen LogP contribution is -2.31. The number of aliphatic hydroxyl groups is 1. The number of hydrogen-bond donors (Lipinski definition) is 1. The zero-order chi connectivity index (χ0) is 26.6. The fourth-order valence-corrected chi connectivity index (χ4v) is 5.80. The standard InChI is InChI=1S/C28H23N3O5S2/c1-3-14-35-20-12-10-19(11-13-20)23-22(24(32)21-5-4-15-36-21)25(33)26(34)31(23)27-29-30-28(38-27)37-16-18-8-6-17(2)7-9-18/h3-13,15,23,33H,1,14,16H2,2H3. The van der Waals surface area contributed by atoms with Crippen molar-refractivity contribution in [1.82, 2.24) is 10.2 Å². The quantitative estimate of drug-likeness (QED) is 0.111. The highest BCUT2D eigenvalue weighted by atomic mass is 32.2. The number of anilines is 1. The van der Waals surface area contributed by atoms with E-state index in [1.807, 2.05) is 6.92 Å². The first kappa shape index (κ1) is 25.5. The summed E-state index contributed by atoms with van der Waals surface area (Å²) >= 11 is 2.72. The number of aryl methyl sites for hydroxylation is 1. The van der Waals surface area contributed by atoms with E-state index in [-0.39, 0.29) is 16.5 Å². The van der Waals surface area contributed by atoms with Gasteiger partial charge in [-0.1, -0.05) is 77.7 Å². The van der Waals surface area contributed by atoms with Crippen LogP contribution in [0.2, 0.25) is 0 Å². The predicted octanol–water partition coefficient (Wildman–Crippen LogP) is 6.08. The van der Waals surface area contributed by atoms with Crippen molar-refractivity contribution in [2.45, 2.75) is 23.1 Å². The zero-order valence-corrected chi connectivity index (χ0v) is 22.0. The van der Waals surface area contributed by atoms with Crippen LogP contribution in [0, 0.1) is 6.92 Å². The minimum Gasteiger partial charge on any atom is -0.503 e. The molecular weight excluding hydrogens is 522 g/mol. The van der Waals surface area contributed by atoms with Crippen molar-refractivity contribution in [2.24, 2.45) is 0 Å². The van der Waals surface area contributed by atoms with E-state index in [2.05, 4.69) is 41.0 Å². The van der Waals surface area contributed by atoms with Gasteiger partial charge < -0.3 is 14.3 Å². The second-order valence-electron chi connectivity index (χ2n) is 8.44. The summed E-state index contributed by atoms with van der Waals surface area (Å²) < 4.78 is 11.5. The fraction of sp³-hybridized carbons (Fsp3) is 0.143. The number of aromatic nitrogens is 2. The van der Waals surface area contributed by atoms with Crippen LogP contribution in [0.5, 0.6) is 5.75 Å². The van der Waals surface area contributed by atoms with E-state index >= 15 is 0 Å². The first-order valence-corrected chi connectivity index (χ1v) is 13.5. The maximum absolute atomic E-state index is 13.4. The van der Waals surface area contributed by atoms with Gasteiger partial charge in [-0.15, -0.1) is 10.2 Å². The number of Topliss-reactive ketones (excluding diaryl/α,β-unsaturated/α-hetero) is 1. The SMILES string of the molecule is C=CCOc1ccc(C2C(C(=O)c3ccco3)=C(O)C(=O)N2c2nnc(SCc3ccc(C)cc3)s2)cc1. The summed E-state index contributed by atoms with van der Waals surface area (Å²) in [6, 6.07) is 17.3. The molecule has 1 aliphatic rings. The smallest absolute Gasteiger partial charge is 0.296 e. The van der Waals surface area contributed by atoms with Gasteiger partial charge >= 0.3 is 0 Å². The molecule has 8 nitrogen and oxygen atoms in total. The van der Waals surface area contributed by atoms with Crippen molar-refractivity contribution >= 4 is 39.9 Å². The van der Waals surface area contributed by atoms with Gasteiger partial charge in [0, 0.05) is 5.75 Å². The minimum absolute atomic E-state index is 0.0174. The third kappa shape index (κ3) is 5.13. The number of carbonyl (C=O) groups is 2. The molecule has 0 saturated carbocycles. The van der Waals surface area contributed by atoms with Gasteiger partial charge in [0.2, 0.25) is 10.9 Å². The first-order chi connectivity index (χ1) is 18.5. The topological polar surface area (TPSA) is 106 Å². The summed E-state index contributed by atoms with van der Waals surface area (Å²) in [4.78, 5) is 28.0. The van der Waals surface area contributed by atoms with Crippen LogP contribution in [-0.4, -0.2) is 33.6 Å². The van der Waals surface area contributed by atoms with E-state index in [1.165, 1.54) is 45.9 Å². The highest BCUT2D eigenvalue weighted by Gasteiger charge is 2.46. The molecule has 38 heavy (non-hydrogen) atoms. The molecule has 0 saturated heterocycles. The Balaban J connectivity index is 1.47. The van der Waals surface area contributed by atoms with Gasteiger partial charge in [-0.05, 0) is 42.3 Å². The molecule has 4 aromatic rings. The summed E-state index contributed by atoms with van der Waals surface area (Å²) in [5.41, 5.74) is 2.82. The molecule has 0 fully saturated rings. The van der Waals surface area contributed by atoms with Crippen LogP contribution >= 0.6 is 23.1 Å². The first-order valence-electron chi connectivity index (χ1n) is 11.7. The Morgan fingerprint density at radius 3 is 2.63 bits per heavy atom. The molecule has 0 bridgehead atoms. The van der Waals surface area contributed by atoms with E-state index in [1.54, 1.807) is 36.4 Å². The van der Waals surface area contributed by atoms with Crippen molar-refractivity contribution in [3.05, 3.63) is 113 Å². The molecule has 1 unspecified atom stereocenters. The molecule has 0 aliphatic carbocycles. The molecule has 1 amide bonds. The van der Waals surface area contributed by atoms with Crippen LogP contribution < -0.4 is 9.64 Å². The number of ether oxygens (including phenoxy) is 1. The second-order valence-corrected chi connectivity index (χ2v) is 10.6. The van der Waals surface area contributed by atoms with Crippen molar-refractivity contribution in [1.29, 1.82) is 0 Å². The molecule has 1 N–H and O–H groups in total. The summed E-state index contributed by atoms with van der Waals surface area (Å²) in [6.07, 6.45) is 3.00. The van der Waals surface area contributed by atoms with Crippen LogP contribution in [0.25, 0.3) is 0 Å². The van der Waals surface area contributed by atoms with E-state index in [0.29, 0.717) is 28.0 Å². The number of carbonyl (C=O) groups excluding carboxylic acids is 2. The van der Waals surface area contributed by atoms with Gasteiger partial charge in [-0.25, -0.2) is 0 Å². The Hall–Kier alpha value is -4.15. The van der Waals surface area contributed by atoms with E-state index < -0.39 is 23.5 Å². The summed E-state index contributed by atoms with van der Waals surface area (Å²) in [6.45, 7) is 6.02. The number of furan rings is 1. The molecule has 0 radical (unpaired) electrons. The lowest BCUT2D eigenvalue weighted by Gasteiger charge is -2.24. The normalized spacial score (nSPS) is 15.2. The number of thioether (sulfide) groups is 1. The molecule has 0 spiro atoms. The van der Waals surface area contributed by atoms with Gasteiger partial charge in [0.1, 0.15) is 12.4 Å². The molecule has 3 heterocycles. The number of benzene rings is 2. The number of rotatable bonds is 10. The molecule has 10 heteroatoms. The lowest BCUT2D eigenvalue weighted by atomic mass is 9.95. The number of aliphatic hydroxyl groups excluding tert-OH is 1. The van der Waals surface area contributed by atoms with Crippen LogP contribution in [0.1, 0.15) is 33.3 Å². The van der Waals surface area contributed by atoms with Gasteiger partial charge in [-0.2, -0.15) is 0 Å². The predicted molar refractivity (Wildman–Crippen MR) is 146 cm³/mol. The Morgan fingerprint density at radius 2 is 1.95 bits per heavy atom.